The normalized spacial score (nSPS) is 24.4. The number of ether oxygens (including phenoxy) is 1. The van der Waals surface area contributed by atoms with Crippen molar-refractivity contribution in [2.24, 2.45) is 11.8 Å². The molecule has 3 heteroatoms. The molecule has 1 aromatic heterocycles. The van der Waals surface area contributed by atoms with Crippen molar-refractivity contribution in [2.45, 2.75) is 32.6 Å². The molecule has 17 heavy (non-hydrogen) atoms. The van der Waals surface area contributed by atoms with Gasteiger partial charge in [0.05, 0.1) is 13.3 Å². The fourth-order valence-corrected chi connectivity index (χ4v) is 2.39. The number of methoxy groups -OCH3 is 1. The molecule has 0 saturated heterocycles. The van der Waals surface area contributed by atoms with Crippen LogP contribution in [0.4, 0.5) is 5.82 Å². The third kappa shape index (κ3) is 3.62. The third-order valence-corrected chi connectivity index (χ3v) is 3.68. The summed E-state index contributed by atoms with van der Waals surface area (Å²) < 4.78 is 5.09. The SMILES string of the molecule is COc1ccc(NCC2CCC(C)CC2)nc1. The van der Waals surface area contributed by atoms with Crippen LogP contribution in [-0.4, -0.2) is 18.6 Å². The molecule has 3 nitrogen and oxygen atoms in total. The van der Waals surface area contributed by atoms with Gasteiger partial charge in [0, 0.05) is 6.54 Å². The van der Waals surface area contributed by atoms with Crippen molar-refractivity contribution >= 4 is 5.82 Å². The second kappa shape index (κ2) is 5.89. The molecule has 0 spiro atoms. The third-order valence-electron chi connectivity index (χ3n) is 3.68. The molecule has 1 N–H and O–H groups in total. The van der Waals surface area contributed by atoms with Crippen LogP contribution in [0.25, 0.3) is 0 Å². The Morgan fingerprint density at radius 2 is 2.06 bits per heavy atom. The number of aromatic nitrogens is 1. The van der Waals surface area contributed by atoms with E-state index in [1.807, 2.05) is 12.1 Å². The lowest BCUT2D eigenvalue weighted by atomic mass is 9.83. The van der Waals surface area contributed by atoms with Gasteiger partial charge in [-0.15, -0.1) is 0 Å². The second-order valence-electron chi connectivity index (χ2n) is 5.09. The average molecular weight is 234 g/mol. The van der Waals surface area contributed by atoms with E-state index in [9.17, 15) is 0 Å². The van der Waals surface area contributed by atoms with Gasteiger partial charge >= 0.3 is 0 Å². The predicted molar refractivity (Wildman–Crippen MR) is 70.4 cm³/mol. The van der Waals surface area contributed by atoms with E-state index in [2.05, 4.69) is 17.2 Å². The molecule has 1 heterocycles. The minimum absolute atomic E-state index is 0.807. The van der Waals surface area contributed by atoms with Crippen molar-refractivity contribution in [2.75, 3.05) is 19.0 Å². The summed E-state index contributed by atoms with van der Waals surface area (Å²) in [5.74, 6) is 3.49. The van der Waals surface area contributed by atoms with Crippen LogP contribution in [0.15, 0.2) is 18.3 Å². The highest BCUT2D eigenvalue weighted by atomic mass is 16.5. The zero-order valence-electron chi connectivity index (χ0n) is 10.8. The first kappa shape index (κ1) is 12.2. The van der Waals surface area contributed by atoms with Crippen molar-refractivity contribution in [3.8, 4) is 5.75 Å². The van der Waals surface area contributed by atoms with Gasteiger partial charge in [0.15, 0.2) is 0 Å². The van der Waals surface area contributed by atoms with E-state index in [-0.39, 0.29) is 0 Å². The molecule has 1 fully saturated rings. The van der Waals surface area contributed by atoms with E-state index < -0.39 is 0 Å². The Morgan fingerprint density at radius 1 is 1.29 bits per heavy atom. The minimum Gasteiger partial charge on any atom is -0.495 e. The summed E-state index contributed by atoms with van der Waals surface area (Å²) in [5.41, 5.74) is 0. The maximum absolute atomic E-state index is 5.09. The quantitative estimate of drug-likeness (QED) is 0.867. The Hall–Kier alpha value is -1.25. The van der Waals surface area contributed by atoms with E-state index >= 15 is 0 Å². The first-order valence-corrected chi connectivity index (χ1v) is 6.52. The van der Waals surface area contributed by atoms with Gasteiger partial charge in [-0.1, -0.05) is 19.8 Å². The van der Waals surface area contributed by atoms with Crippen LogP contribution in [0.1, 0.15) is 32.6 Å². The summed E-state index contributed by atoms with van der Waals surface area (Å²) in [5, 5.41) is 3.41. The Kier molecular flexibility index (Phi) is 4.24. The largest absolute Gasteiger partial charge is 0.495 e. The number of hydrogen-bond donors (Lipinski definition) is 1. The molecular weight excluding hydrogens is 212 g/mol. The minimum atomic E-state index is 0.807. The van der Waals surface area contributed by atoms with Gasteiger partial charge in [0.2, 0.25) is 0 Å². The molecule has 0 bridgehead atoms. The van der Waals surface area contributed by atoms with Crippen molar-refractivity contribution in [1.29, 1.82) is 0 Å². The van der Waals surface area contributed by atoms with Gasteiger partial charge < -0.3 is 10.1 Å². The molecule has 0 aromatic carbocycles. The molecule has 2 rings (SSSR count). The van der Waals surface area contributed by atoms with E-state index in [0.29, 0.717) is 0 Å². The number of pyridine rings is 1. The lowest BCUT2D eigenvalue weighted by Gasteiger charge is -2.26. The molecule has 0 unspecified atom stereocenters. The van der Waals surface area contributed by atoms with Crippen LogP contribution in [0.5, 0.6) is 5.75 Å². The summed E-state index contributed by atoms with van der Waals surface area (Å²) in [4.78, 5) is 4.31. The fraction of sp³-hybridized carbons (Fsp3) is 0.643. The number of anilines is 1. The summed E-state index contributed by atoms with van der Waals surface area (Å²) >= 11 is 0. The maximum Gasteiger partial charge on any atom is 0.137 e. The van der Waals surface area contributed by atoms with Crippen molar-refractivity contribution < 1.29 is 4.74 Å². The highest BCUT2D eigenvalue weighted by Gasteiger charge is 2.17. The lowest BCUT2D eigenvalue weighted by molar-refractivity contribution is 0.300. The Bertz CT molecular complexity index is 329. The molecule has 1 saturated carbocycles. The van der Waals surface area contributed by atoms with E-state index in [1.54, 1.807) is 13.3 Å². The molecule has 0 aliphatic heterocycles. The molecule has 1 aliphatic rings. The van der Waals surface area contributed by atoms with Crippen LogP contribution in [0.3, 0.4) is 0 Å². The van der Waals surface area contributed by atoms with Gasteiger partial charge in [-0.3, -0.25) is 0 Å². The molecule has 1 aliphatic carbocycles. The maximum atomic E-state index is 5.09. The monoisotopic (exact) mass is 234 g/mol. The highest BCUT2D eigenvalue weighted by Crippen LogP contribution is 2.28. The van der Waals surface area contributed by atoms with E-state index in [0.717, 1.165) is 29.9 Å². The number of hydrogen-bond acceptors (Lipinski definition) is 3. The van der Waals surface area contributed by atoms with Gasteiger partial charge in [-0.2, -0.15) is 0 Å². The van der Waals surface area contributed by atoms with Crippen LogP contribution >= 0.6 is 0 Å². The topological polar surface area (TPSA) is 34.1 Å². The van der Waals surface area contributed by atoms with Crippen molar-refractivity contribution in [3.05, 3.63) is 18.3 Å². The van der Waals surface area contributed by atoms with Gasteiger partial charge in [-0.05, 0) is 36.8 Å². The Morgan fingerprint density at radius 3 is 2.65 bits per heavy atom. The molecule has 0 atom stereocenters. The second-order valence-corrected chi connectivity index (χ2v) is 5.09. The zero-order chi connectivity index (χ0) is 12.1. The number of rotatable bonds is 4. The Labute approximate surface area is 104 Å². The van der Waals surface area contributed by atoms with Crippen LogP contribution in [-0.2, 0) is 0 Å². The van der Waals surface area contributed by atoms with Crippen LogP contribution in [0, 0.1) is 11.8 Å². The Balaban J connectivity index is 1.77. The van der Waals surface area contributed by atoms with Crippen LogP contribution in [0.2, 0.25) is 0 Å². The summed E-state index contributed by atoms with van der Waals surface area (Å²) in [6.07, 6.45) is 7.21. The van der Waals surface area contributed by atoms with Gasteiger partial charge in [-0.25, -0.2) is 4.98 Å². The predicted octanol–water partition coefficient (Wildman–Crippen LogP) is 3.33. The molecule has 0 amide bonds. The first-order valence-electron chi connectivity index (χ1n) is 6.52. The van der Waals surface area contributed by atoms with E-state index in [1.165, 1.54) is 25.7 Å². The summed E-state index contributed by atoms with van der Waals surface area (Å²) in [6.45, 7) is 3.40. The van der Waals surface area contributed by atoms with E-state index in [4.69, 9.17) is 4.74 Å². The van der Waals surface area contributed by atoms with Gasteiger partial charge in [0.1, 0.15) is 11.6 Å². The summed E-state index contributed by atoms with van der Waals surface area (Å²) in [6, 6.07) is 3.92. The highest BCUT2D eigenvalue weighted by molar-refractivity contribution is 5.37. The molecule has 1 aromatic rings. The average Bonchev–Trinajstić information content (AvgIpc) is 2.39. The molecule has 0 radical (unpaired) electrons. The number of nitrogens with zero attached hydrogens (tertiary/aromatic N) is 1. The van der Waals surface area contributed by atoms with Crippen LogP contribution < -0.4 is 10.1 Å². The first-order chi connectivity index (χ1) is 8.28. The van der Waals surface area contributed by atoms with Crippen molar-refractivity contribution in [3.63, 3.8) is 0 Å². The molecular formula is C14H22N2O. The molecule has 94 valence electrons. The summed E-state index contributed by atoms with van der Waals surface area (Å²) in [7, 11) is 1.66. The van der Waals surface area contributed by atoms with Crippen molar-refractivity contribution in [1.82, 2.24) is 4.98 Å². The van der Waals surface area contributed by atoms with Gasteiger partial charge in [0.25, 0.3) is 0 Å². The standard InChI is InChI=1S/C14H22N2O/c1-11-3-5-12(6-4-11)9-15-14-8-7-13(17-2)10-16-14/h7-8,10-12H,3-6,9H2,1-2H3,(H,15,16). The smallest absolute Gasteiger partial charge is 0.137 e. The lowest BCUT2D eigenvalue weighted by Crippen LogP contribution is -2.20. The fourth-order valence-electron chi connectivity index (χ4n) is 2.39. The zero-order valence-corrected chi connectivity index (χ0v) is 10.8. The number of nitrogens with one attached hydrogen (secondary N) is 1.